The van der Waals surface area contributed by atoms with Gasteiger partial charge in [-0.25, -0.2) is 0 Å². The van der Waals surface area contributed by atoms with Crippen LogP contribution in [0.2, 0.25) is 0 Å². The molecule has 0 aromatic heterocycles. The van der Waals surface area contributed by atoms with E-state index in [1.165, 1.54) is 0 Å². The summed E-state index contributed by atoms with van der Waals surface area (Å²) in [6.45, 7) is 10.3. The van der Waals surface area contributed by atoms with Crippen LogP contribution in [-0.2, 0) is 9.59 Å². The number of hydrogen-bond donors (Lipinski definition) is 2. The molecule has 0 spiro atoms. The average Bonchev–Trinajstić information content (AvgIpc) is 2.62. The van der Waals surface area contributed by atoms with Crippen LogP contribution in [0.1, 0.15) is 62.6 Å². The van der Waals surface area contributed by atoms with E-state index in [-0.39, 0.29) is 5.92 Å². The summed E-state index contributed by atoms with van der Waals surface area (Å²) in [6.07, 6.45) is 0.958. The second-order valence-corrected chi connectivity index (χ2v) is 7.00. The van der Waals surface area contributed by atoms with Crippen molar-refractivity contribution in [3.63, 3.8) is 0 Å². The third-order valence-electron chi connectivity index (χ3n) is 4.72. The lowest BCUT2D eigenvalue weighted by Crippen LogP contribution is -2.30. The molecule has 2 aromatic rings. The number of amides is 2. The van der Waals surface area contributed by atoms with Gasteiger partial charge in [-0.2, -0.15) is 0 Å². The molecule has 2 rings (SSSR count). The van der Waals surface area contributed by atoms with Crippen molar-refractivity contribution in [1.29, 1.82) is 0 Å². The Labute approximate surface area is 156 Å². The first-order valence-electron chi connectivity index (χ1n) is 9.15. The second kappa shape index (κ2) is 8.65. The van der Waals surface area contributed by atoms with E-state index in [1.807, 2.05) is 49.4 Å². The highest BCUT2D eigenvalue weighted by atomic mass is 16.2. The number of benzene rings is 2. The number of carbonyl (C=O) groups excluding carboxylic acids is 2. The Hall–Kier alpha value is -2.62. The van der Waals surface area contributed by atoms with E-state index < -0.39 is 11.8 Å². The van der Waals surface area contributed by atoms with Gasteiger partial charge in [0.25, 0.3) is 0 Å². The third-order valence-corrected chi connectivity index (χ3v) is 4.72. The van der Waals surface area contributed by atoms with Crippen LogP contribution in [0.4, 0.5) is 11.4 Å². The maximum Gasteiger partial charge on any atom is 0.314 e. The van der Waals surface area contributed by atoms with Crippen LogP contribution >= 0.6 is 0 Å². The Morgan fingerprint density at radius 2 is 1.50 bits per heavy atom. The predicted molar refractivity (Wildman–Crippen MR) is 108 cm³/mol. The zero-order chi connectivity index (χ0) is 19.3. The van der Waals surface area contributed by atoms with E-state index in [9.17, 15) is 9.59 Å². The van der Waals surface area contributed by atoms with Crippen LogP contribution in [-0.4, -0.2) is 11.8 Å². The highest BCUT2D eigenvalue weighted by Crippen LogP contribution is 2.28. The smallest absolute Gasteiger partial charge is 0.314 e. The molecular formula is C22H28N2O2. The molecule has 2 N–H and O–H groups in total. The Kier molecular flexibility index (Phi) is 6.56. The van der Waals surface area contributed by atoms with Gasteiger partial charge in [0.2, 0.25) is 0 Å². The van der Waals surface area contributed by atoms with Gasteiger partial charge in [0.05, 0.1) is 0 Å². The summed E-state index contributed by atoms with van der Waals surface area (Å²) in [7, 11) is 0. The number of nitrogens with one attached hydrogen (secondary N) is 2. The van der Waals surface area contributed by atoms with Crippen LogP contribution < -0.4 is 10.6 Å². The Balaban J connectivity index is 2.19. The highest BCUT2D eigenvalue weighted by molar-refractivity contribution is 6.43. The molecule has 4 heteroatoms. The molecular weight excluding hydrogens is 324 g/mol. The highest BCUT2D eigenvalue weighted by Gasteiger charge is 2.19. The first kappa shape index (κ1) is 19.7. The molecule has 1 atom stereocenters. The summed E-state index contributed by atoms with van der Waals surface area (Å²) in [4.78, 5) is 24.9. The SMILES string of the molecule is CCC(C)c1ccccc1NC(=O)C(=O)Nc1c(C)cccc1C(C)C. The van der Waals surface area contributed by atoms with E-state index in [2.05, 4.69) is 38.3 Å². The molecule has 138 valence electrons. The topological polar surface area (TPSA) is 58.2 Å². The molecule has 1 unspecified atom stereocenters. The Morgan fingerprint density at radius 3 is 2.15 bits per heavy atom. The van der Waals surface area contributed by atoms with E-state index in [0.29, 0.717) is 11.6 Å². The minimum absolute atomic E-state index is 0.249. The average molecular weight is 352 g/mol. The molecule has 0 aliphatic rings. The van der Waals surface area contributed by atoms with Gasteiger partial charge in [-0.3, -0.25) is 9.59 Å². The predicted octanol–water partition coefficient (Wildman–Crippen LogP) is 5.21. The number of anilines is 2. The van der Waals surface area contributed by atoms with E-state index in [0.717, 1.165) is 28.8 Å². The minimum atomic E-state index is -0.654. The summed E-state index contributed by atoms with van der Waals surface area (Å²) in [5, 5.41) is 5.55. The zero-order valence-electron chi connectivity index (χ0n) is 16.2. The van der Waals surface area contributed by atoms with Crippen molar-refractivity contribution in [2.45, 2.75) is 52.9 Å². The van der Waals surface area contributed by atoms with E-state index in [1.54, 1.807) is 0 Å². The summed E-state index contributed by atoms with van der Waals surface area (Å²) in [6, 6.07) is 13.5. The fraction of sp³-hybridized carbons (Fsp3) is 0.364. The maximum absolute atomic E-state index is 12.5. The van der Waals surface area contributed by atoms with Gasteiger partial charge in [0.15, 0.2) is 0 Å². The number of rotatable bonds is 5. The molecule has 26 heavy (non-hydrogen) atoms. The van der Waals surface area contributed by atoms with Gasteiger partial charge in [-0.1, -0.05) is 64.1 Å². The van der Waals surface area contributed by atoms with Crippen LogP contribution in [0, 0.1) is 6.92 Å². The molecule has 0 aliphatic heterocycles. The van der Waals surface area contributed by atoms with Crippen LogP contribution in [0.25, 0.3) is 0 Å². The largest absolute Gasteiger partial charge is 0.318 e. The van der Waals surface area contributed by atoms with E-state index >= 15 is 0 Å². The van der Waals surface area contributed by atoms with Gasteiger partial charge in [0, 0.05) is 11.4 Å². The van der Waals surface area contributed by atoms with Crippen LogP contribution in [0.3, 0.4) is 0 Å². The quantitative estimate of drug-likeness (QED) is 0.726. The van der Waals surface area contributed by atoms with Gasteiger partial charge in [-0.15, -0.1) is 0 Å². The van der Waals surface area contributed by atoms with Gasteiger partial charge in [0.1, 0.15) is 0 Å². The molecule has 0 fully saturated rings. The summed E-state index contributed by atoms with van der Waals surface area (Å²) in [5.74, 6) is -0.753. The molecule has 2 amide bonds. The molecule has 4 nitrogen and oxygen atoms in total. The summed E-state index contributed by atoms with van der Waals surface area (Å²) >= 11 is 0. The monoisotopic (exact) mass is 352 g/mol. The van der Waals surface area contributed by atoms with Crippen molar-refractivity contribution in [2.24, 2.45) is 0 Å². The van der Waals surface area contributed by atoms with Gasteiger partial charge >= 0.3 is 11.8 Å². The molecule has 0 bridgehead atoms. The molecule has 0 radical (unpaired) electrons. The van der Waals surface area contributed by atoms with Gasteiger partial charge in [-0.05, 0) is 47.9 Å². The minimum Gasteiger partial charge on any atom is -0.318 e. The first-order valence-corrected chi connectivity index (χ1v) is 9.15. The molecule has 0 saturated heterocycles. The zero-order valence-corrected chi connectivity index (χ0v) is 16.2. The number of carbonyl (C=O) groups is 2. The fourth-order valence-corrected chi connectivity index (χ4v) is 2.95. The second-order valence-electron chi connectivity index (χ2n) is 7.00. The van der Waals surface area contributed by atoms with Crippen molar-refractivity contribution >= 4 is 23.2 Å². The lowest BCUT2D eigenvalue weighted by molar-refractivity contribution is -0.133. The molecule has 2 aromatic carbocycles. The lowest BCUT2D eigenvalue weighted by atomic mass is 9.97. The van der Waals surface area contributed by atoms with Crippen molar-refractivity contribution in [3.05, 3.63) is 59.2 Å². The normalized spacial score (nSPS) is 11.9. The van der Waals surface area contributed by atoms with Crippen molar-refractivity contribution in [3.8, 4) is 0 Å². The third kappa shape index (κ3) is 4.51. The molecule has 0 saturated carbocycles. The van der Waals surface area contributed by atoms with Crippen molar-refractivity contribution < 1.29 is 9.59 Å². The maximum atomic E-state index is 12.5. The van der Waals surface area contributed by atoms with Crippen LogP contribution in [0.15, 0.2) is 42.5 Å². The van der Waals surface area contributed by atoms with Crippen LogP contribution in [0.5, 0.6) is 0 Å². The number of aryl methyl sites for hydroxylation is 1. The Bertz CT molecular complexity index is 796. The first-order chi connectivity index (χ1) is 12.3. The standard InChI is InChI=1S/C22H28N2O2/c1-6-15(4)18-11-7-8-13-19(18)23-21(25)22(26)24-20-16(5)10-9-12-17(20)14(2)3/h7-15H,6H2,1-5H3,(H,23,25)(H,24,26). The van der Waals surface area contributed by atoms with Gasteiger partial charge < -0.3 is 10.6 Å². The summed E-state index contributed by atoms with van der Waals surface area (Å²) < 4.78 is 0. The lowest BCUT2D eigenvalue weighted by Gasteiger charge is -2.17. The van der Waals surface area contributed by atoms with E-state index in [4.69, 9.17) is 0 Å². The number of para-hydroxylation sites is 2. The number of hydrogen-bond acceptors (Lipinski definition) is 2. The molecule has 0 aliphatic carbocycles. The Morgan fingerprint density at radius 1 is 0.885 bits per heavy atom. The fourth-order valence-electron chi connectivity index (χ4n) is 2.95. The summed E-state index contributed by atoms with van der Waals surface area (Å²) in [5.41, 5.74) is 4.41. The van der Waals surface area contributed by atoms with Crippen molar-refractivity contribution in [1.82, 2.24) is 0 Å². The molecule has 0 heterocycles. The van der Waals surface area contributed by atoms with Crippen molar-refractivity contribution in [2.75, 3.05) is 10.6 Å².